The lowest BCUT2D eigenvalue weighted by Gasteiger charge is -2.22. The van der Waals surface area contributed by atoms with Gasteiger partial charge in [0, 0.05) is 18.8 Å². The third-order valence-corrected chi connectivity index (χ3v) is 2.57. The van der Waals surface area contributed by atoms with E-state index in [-0.39, 0.29) is 6.67 Å². The Bertz CT molecular complexity index is 404. The number of rotatable bonds is 7. The molecule has 20 heavy (non-hydrogen) atoms. The molecule has 0 bridgehead atoms. The van der Waals surface area contributed by atoms with Crippen molar-refractivity contribution in [2.45, 2.75) is 20.8 Å². The maximum atomic E-state index is 12.5. The van der Waals surface area contributed by atoms with Crippen molar-refractivity contribution < 1.29 is 4.39 Å². The SMILES string of the molecule is C=C/C=C\C=C\CN(CCF)c1ccc(C)cc1.CC. The number of allylic oxidation sites excluding steroid dienone is 4. The zero-order valence-electron chi connectivity index (χ0n) is 12.8. The van der Waals surface area contributed by atoms with Crippen molar-refractivity contribution >= 4 is 5.69 Å². The van der Waals surface area contributed by atoms with Crippen LogP contribution in [0.3, 0.4) is 0 Å². The Morgan fingerprint density at radius 2 is 1.75 bits per heavy atom. The van der Waals surface area contributed by atoms with Crippen molar-refractivity contribution in [1.29, 1.82) is 0 Å². The monoisotopic (exact) mass is 275 g/mol. The highest BCUT2D eigenvalue weighted by atomic mass is 19.1. The van der Waals surface area contributed by atoms with Crippen molar-refractivity contribution in [2.24, 2.45) is 0 Å². The quantitative estimate of drug-likeness (QED) is 0.626. The number of hydrogen-bond acceptors (Lipinski definition) is 1. The molecule has 0 fully saturated rings. The molecule has 0 radical (unpaired) electrons. The first kappa shape index (κ1) is 18.2. The molecule has 0 aliphatic heterocycles. The van der Waals surface area contributed by atoms with Crippen LogP contribution in [0.25, 0.3) is 0 Å². The molecule has 0 aromatic heterocycles. The number of anilines is 1. The van der Waals surface area contributed by atoms with Crippen LogP contribution in [0, 0.1) is 6.92 Å². The van der Waals surface area contributed by atoms with Gasteiger partial charge in [0.2, 0.25) is 0 Å². The molecule has 1 rings (SSSR count). The number of hydrogen-bond donors (Lipinski definition) is 0. The van der Waals surface area contributed by atoms with Gasteiger partial charge in [-0.25, -0.2) is 4.39 Å². The first-order chi connectivity index (χ1) is 9.77. The third-order valence-electron chi connectivity index (χ3n) is 2.57. The summed E-state index contributed by atoms with van der Waals surface area (Å²) in [5.74, 6) is 0. The Morgan fingerprint density at radius 3 is 2.30 bits per heavy atom. The van der Waals surface area contributed by atoms with E-state index in [0.717, 1.165) is 5.69 Å². The van der Waals surface area contributed by atoms with Crippen LogP contribution in [0.5, 0.6) is 0 Å². The first-order valence-electron chi connectivity index (χ1n) is 7.09. The second kappa shape index (κ2) is 12.2. The predicted octanol–water partition coefficient (Wildman–Crippen LogP) is 5.10. The Morgan fingerprint density at radius 1 is 1.10 bits per heavy atom. The van der Waals surface area contributed by atoms with Crippen LogP contribution in [-0.4, -0.2) is 19.8 Å². The summed E-state index contributed by atoms with van der Waals surface area (Å²) in [4.78, 5) is 2.01. The van der Waals surface area contributed by atoms with Crippen LogP contribution in [0.15, 0.2) is 61.2 Å². The smallest absolute Gasteiger partial charge is 0.107 e. The van der Waals surface area contributed by atoms with Crippen LogP contribution in [0.4, 0.5) is 10.1 Å². The molecule has 0 unspecified atom stereocenters. The summed E-state index contributed by atoms with van der Waals surface area (Å²) in [5, 5.41) is 0. The van der Waals surface area contributed by atoms with Crippen LogP contribution < -0.4 is 4.90 Å². The lowest BCUT2D eigenvalue weighted by atomic mass is 10.2. The number of nitrogens with zero attached hydrogens (tertiary/aromatic N) is 1. The molecule has 0 aliphatic rings. The summed E-state index contributed by atoms with van der Waals surface area (Å²) in [6.07, 6.45) is 9.46. The average molecular weight is 275 g/mol. The van der Waals surface area contributed by atoms with Gasteiger partial charge in [-0.1, -0.05) is 68.5 Å². The maximum Gasteiger partial charge on any atom is 0.107 e. The molecule has 0 N–H and O–H groups in total. The number of benzene rings is 1. The summed E-state index contributed by atoms with van der Waals surface area (Å²) in [6, 6.07) is 8.14. The number of aryl methyl sites for hydroxylation is 1. The average Bonchev–Trinajstić information content (AvgIpc) is 2.49. The molecule has 0 saturated heterocycles. The highest BCUT2D eigenvalue weighted by Crippen LogP contribution is 2.14. The van der Waals surface area contributed by atoms with Gasteiger partial charge in [-0.05, 0) is 19.1 Å². The number of halogens is 1. The largest absolute Gasteiger partial charge is 0.365 e. The molecule has 0 spiro atoms. The van der Waals surface area contributed by atoms with Gasteiger partial charge in [0.25, 0.3) is 0 Å². The Labute approximate surface area is 123 Å². The van der Waals surface area contributed by atoms with Crippen molar-refractivity contribution in [3.8, 4) is 0 Å². The van der Waals surface area contributed by atoms with E-state index < -0.39 is 0 Å². The zero-order valence-corrected chi connectivity index (χ0v) is 12.8. The van der Waals surface area contributed by atoms with Crippen molar-refractivity contribution in [3.63, 3.8) is 0 Å². The van der Waals surface area contributed by atoms with Gasteiger partial charge < -0.3 is 4.90 Å². The van der Waals surface area contributed by atoms with Crippen molar-refractivity contribution in [1.82, 2.24) is 0 Å². The standard InChI is InChI=1S/C16H20FN.C2H6/c1-3-4-5-6-7-13-18(14-12-17)16-10-8-15(2)9-11-16;1-2/h3-11H,1,12-14H2,2H3;1-2H3/b5-4-,7-6+;. The highest BCUT2D eigenvalue weighted by molar-refractivity contribution is 5.48. The summed E-state index contributed by atoms with van der Waals surface area (Å²) < 4.78 is 12.5. The summed E-state index contributed by atoms with van der Waals surface area (Å²) >= 11 is 0. The van der Waals surface area contributed by atoms with Gasteiger partial charge in [-0.3, -0.25) is 0 Å². The Kier molecular flexibility index (Phi) is 11.1. The molecule has 0 atom stereocenters. The molecule has 0 amide bonds. The van der Waals surface area contributed by atoms with E-state index in [9.17, 15) is 4.39 Å². The van der Waals surface area contributed by atoms with Gasteiger partial charge in [0.1, 0.15) is 6.67 Å². The molecule has 0 saturated carbocycles. The summed E-state index contributed by atoms with van der Waals surface area (Å²) in [5.41, 5.74) is 2.26. The second-order valence-corrected chi connectivity index (χ2v) is 4.02. The van der Waals surface area contributed by atoms with E-state index in [1.165, 1.54) is 5.56 Å². The Balaban J connectivity index is 0.00000172. The maximum absolute atomic E-state index is 12.5. The van der Waals surface area contributed by atoms with E-state index in [1.54, 1.807) is 6.08 Å². The lowest BCUT2D eigenvalue weighted by Crippen LogP contribution is -2.25. The zero-order chi connectivity index (χ0) is 15.2. The minimum absolute atomic E-state index is 0.343. The van der Waals surface area contributed by atoms with E-state index in [4.69, 9.17) is 0 Å². The molecule has 110 valence electrons. The Hall–Kier alpha value is -1.83. The third kappa shape index (κ3) is 7.57. The van der Waals surface area contributed by atoms with Gasteiger partial charge in [0.05, 0.1) is 0 Å². The molecule has 0 heterocycles. The van der Waals surface area contributed by atoms with Crippen LogP contribution >= 0.6 is 0 Å². The van der Waals surface area contributed by atoms with E-state index in [0.29, 0.717) is 13.1 Å². The molecule has 0 aliphatic carbocycles. The van der Waals surface area contributed by atoms with Crippen molar-refractivity contribution in [2.75, 3.05) is 24.7 Å². The number of alkyl halides is 1. The van der Waals surface area contributed by atoms with Crippen LogP contribution in [0.1, 0.15) is 19.4 Å². The molecular weight excluding hydrogens is 249 g/mol. The molecule has 1 aromatic rings. The van der Waals surface area contributed by atoms with Crippen LogP contribution in [0.2, 0.25) is 0 Å². The minimum Gasteiger partial charge on any atom is -0.365 e. The van der Waals surface area contributed by atoms with Crippen LogP contribution in [-0.2, 0) is 0 Å². The molecular formula is C18H26FN. The molecule has 1 nitrogen and oxygen atoms in total. The van der Waals surface area contributed by atoms with Gasteiger partial charge in [-0.2, -0.15) is 0 Å². The van der Waals surface area contributed by atoms with E-state index in [1.807, 2.05) is 74.2 Å². The first-order valence-corrected chi connectivity index (χ1v) is 7.09. The topological polar surface area (TPSA) is 3.24 Å². The van der Waals surface area contributed by atoms with E-state index >= 15 is 0 Å². The highest BCUT2D eigenvalue weighted by Gasteiger charge is 2.03. The summed E-state index contributed by atoms with van der Waals surface area (Å²) in [7, 11) is 0. The summed E-state index contributed by atoms with van der Waals surface area (Å²) in [6.45, 7) is 10.4. The fourth-order valence-corrected chi connectivity index (χ4v) is 1.59. The van der Waals surface area contributed by atoms with Gasteiger partial charge in [0.15, 0.2) is 0 Å². The van der Waals surface area contributed by atoms with Gasteiger partial charge in [-0.15, -0.1) is 0 Å². The minimum atomic E-state index is -0.343. The normalized spacial score (nSPS) is 10.4. The fraction of sp³-hybridized carbons (Fsp3) is 0.333. The second-order valence-electron chi connectivity index (χ2n) is 4.02. The van der Waals surface area contributed by atoms with E-state index in [2.05, 4.69) is 6.58 Å². The van der Waals surface area contributed by atoms with Gasteiger partial charge >= 0.3 is 0 Å². The predicted molar refractivity (Wildman–Crippen MR) is 89.2 cm³/mol. The lowest BCUT2D eigenvalue weighted by molar-refractivity contribution is 0.494. The molecule has 1 aromatic carbocycles. The molecule has 2 heteroatoms. The van der Waals surface area contributed by atoms with Crippen molar-refractivity contribution in [3.05, 3.63) is 66.8 Å². The fourth-order valence-electron chi connectivity index (χ4n) is 1.59.